The van der Waals surface area contributed by atoms with Crippen molar-refractivity contribution >= 4 is 28.1 Å². The maximum absolute atomic E-state index is 6.13. The van der Waals surface area contributed by atoms with Gasteiger partial charge in [-0.05, 0) is 43.5 Å². The van der Waals surface area contributed by atoms with Crippen LogP contribution in [0.2, 0.25) is 5.02 Å². The number of ether oxygens (including phenoxy) is 1. The van der Waals surface area contributed by atoms with Crippen molar-refractivity contribution in [2.24, 2.45) is 0 Å². The van der Waals surface area contributed by atoms with Gasteiger partial charge >= 0.3 is 0 Å². The van der Waals surface area contributed by atoms with Gasteiger partial charge in [0.05, 0.1) is 0 Å². The second-order valence-electron chi connectivity index (χ2n) is 4.59. The van der Waals surface area contributed by atoms with Gasteiger partial charge in [-0.25, -0.2) is 0 Å². The third-order valence-electron chi connectivity index (χ3n) is 2.77. The third kappa shape index (κ3) is 3.84. The van der Waals surface area contributed by atoms with Crippen molar-refractivity contribution in [2.75, 3.05) is 11.9 Å². The maximum atomic E-state index is 6.13. The molecule has 1 N–H and O–H groups in total. The molecule has 0 saturated heterocycles. The summed E-state index contributed by atoms with van der Waals surface area (Å²) in [4.78, 5) is 0. The largest absolute Gasteiger partial charge is 0.486 e. The fraction of sp³-hybridized carbons (Fsp3) is 0.429. The van der Waals surface area contributed by atoms with Crippen molar-refractivity contribution in [3.63, 3.8) is 0 Å². The molecule has 0 amide bonds. The van der Waals surface area contributed by atoms with E-state index in [1.807, 2.05) is 26.0 Å². The van der Waals surface area contributed by atoms with Gasteiger partial charge in [0, 0.05) is 11.6 Å². The summed E-state index contributed by atoms with van der Waals surface area (Å²) >= 11 is 7.65. The lowest BCUT2D eigenvalue weighted by molar-refractivity contribution is 0.304. The summed E-state index contributed by atoms with van der Waals surface area (Å²) in [6.45, 7) is 7.39. The molecule has 0 radical (unpaired) electrons. The smallest absolute Gasteiger partial charge is 0.205 e. The number of nitrogens with zero attached hydrogens (tertiary/aromatic N) is 2. The molecule has 0 atom stereocenters. The van der Waals surface area contributed by atoms with E-state index in [2.05, 4.69) is 22.4 Å². The van der Waals surface area contributed by atoms with E-state index in [9.17, 15) is 0 Å². The van der Waals surface area contributed by atoms with Crippen LogP contribution in [-0.4, -0.2) is 16.7 Å². The molecule has 1 aromatic carbocycles. The number of benzene rings is 1. The highest BCUT2D eigenvalue weighted by molar-refractivity contribution is 7.15. The minimum Gasteiger partial charge on any atom is -0.486 e. The van der Waals surface area contributed by atoms with E-state index in [-0.39, 0.29) is 0 Å². The van der Waals surface area contributed by atoms with Gasteiger partial charge in [-0.15, -0.1) is 10.2 Å². The summed E-state index contributed by atoms with van der Waals surface area (Å²) in [6, 6.07) is 3.87. The average Bonchev–Trinajstić information content (AvgIpc) is 2.88. The summed E-state index contributed by atoms with van der Waals surface area (Å²) in [7, 11) is 0. The van der Waals surface area contributed by atoms with Crippen molar-refractivity contribution in [3.8, 4) is 5.75 Å². The Kier molecular flexibility index (Phi) is 5.20. The van der Waals surface area contributed by atoms with Crippen molar-refractivity contribution in [1.82, 2.24) is 10.2 Å². The van der Waals surface area contributed by atoms with Crippen LogP contribution in [0.1, 0.15) is 29.5 Å². The fourth-order valence-electron chi connectivity index (χ4n) is 1.75. The molecular weight excluding hydrogens is 294 g/mol. The molecule has 1 aromatic heterocycles. The molecule has 6 heteroatoms. The van der Waals surface area contributed by atoms with Gasteiger partial charge in [0.25, 0.3) is 0 Å². The van der Waals surface area contributed by atoms with Crippen LogP contribution in [-0.2, 0) is 6.61 Å². The predicted molar refractivity (Wildman–Crippen MR) is 83.9 cm³/mol. The number of aryl methyl sites for hydroxylation is 2. The first-order valence-electron chi connectivity index (χ1n) is 6.56. The molecule has 0 aliphatic carbocycles. The number of rotatable bonds is 6. The van der Waals surface area contributed by atoms with Crippen LogP contribution in [0.25, 0.3) is 0 Å². The van der Waals surface area contributed by atoms with Crippen LogP contribution in [0.5, 0.6) is 5.75 Å². The molecule has 0 fully saturated rings. The lowest BCUT2D eigenvalue weighted by Crippen LogP contribution is -1.98. The van der Waals surface area contributed by atoms with E-state index in [4.69, 9.17) is 16.3 Å². The van der Waals surface area contributed by atoms with Crippen LogP contribution < -0.4 is 10.1 Å². The number of halogens is 1. The fourth-order valence-corrected chi connectivity index (χ4v) is 2.54. The van der Waals surface area contributed by atoms with Gasteiger partial charge in [0.15, 0.2) is 5.01 Å². The molecule has 0 bridgehead atoms. The zero-order valence-corrected chi connectivity index (χ0v) is 13.4. The molecule has 4 nitrogen and oxygen atoms in total. The molecule has 20 heavy (non-hydrogen) atoms. The lowest BCUT2D eigenvalue weighted by Gasteiger charge is -2.08. The maximum Gasteiger partial charge on any atom is 0.205 e. The van der Waals surface area contributed by atoms with E-state index >= 15 is 0 Å². The van der Waals surface area contributed by atoms with Crippen molar-refractivity contribution in [2.45, 2.75) is 33.8 Å². The Labute approximate surface area is 128 Å². The normalized spacial score (nSPS) is 10.6. The van der Waals surface area contributed by atoms with Crippen molar-refractivity contribution in [1.29, 1.82) is 0 Å². The molecule has 2 rings (SSSR count). The summed E-state index contributed by atoms with van der Waals surface area (Å²) in [5.41, 5.74) is 2.04. The molecule has 1 heterocycles. The second kappa shape index (κ2) is 6.90. The van der Waals surface area contributed by atoms with Crippen LogP contribution >= 0.6 is 22.9 Å². The second-order valence-corrected chi connectivity index (χ2v) is 6.03. The van der Waals surface area contributed by atoms with Crippen LogP contribution in [0, 0.1) is 13.8 Å². The van der Waals surface area contributed by atoms with Crippen LogP contribution in [0.15, 0.2) is 12.1 Å². The molecule has 0 saturated carbocycles. The Morgan fingerprint density at radius 1 is 1.25 bits per heavy atom. The topological polar surface area (TPSA) is 47.0 Å². The number of nitrogens with one attached hydrogen (secondary N) is 1. The van der Waals surface area contributed by atoms with Crippen LogP contribution in [0.3, 0.4) is 0 Å². The molecule has 2 aromatic rings. The number of aromatic nitrogens is 2. The molecule has 0 spiro atoms. The number of anilines is 1. The van der Waals surface area contributed by atoms with Gasteiger partial charge in [0.2, 0.25) is 5.13 Å². The minimum atomic E-state index is 0.423. The predicted octanol–water partition coefficient (Wildman–Crippen LogP) is 4.21. The number of hydrogen-bond acceptors (Lipinski definition) is 5. The van der Waals surface area contributed by atoms with E-state index in [1.165, 1.54) is 11.3 Å². The zero-order valence-electron chi connectivity index (χ0n) is 11.9. The standard InChI is InChI=1S/C14H18ClN3OS/c1-4-5-16-14-18-17-12(20-14)8-19-11-6-9(2)13(15)10(3)7-11/h6-7H,4-5,8H2,1-3H3,(H,16,18). The highest BCUT2D eigenvalue weighted by Gasteiger charge is 2.07. The number of hydrogen-bond donors (Lipinski definition) is 1. The summed E-state index contributed by atoms with van der Waals surface area (Å²) in [5.74, 6) is 0.808. The highest BCUT2D eigenvalue weighted by Crippen LogP contribution is 2.26. The summed E-state index contributed by atoms with van der Waals surface area (Å²) < 4.78 is 5.75. The molecular formula is C14H18ClN3OS. The van der Waals surface area contributed by atoms with Crippen molar-refractivity contribution < 1.29 is 4.74 Å². The first-order valence-corrected chi connectivity index (χ1v) is 7.75. The molecule has 0 aliphatic heterocycles. The first kappa shape index (κ1) is 15.1. The summed E-state index contributed by atoms with van der Waals surface area (Å²) in [5, 5.41) is 13.9. The van der Waals surface area contributed by atoms with Crippen LogP contribution in [0.4, 0.5) is 5.13 Å². The highest BCUT2D eigenvalue weighted by atomic mass is 35.5. The Balaban J connectivity index is 1.96. The first-order chi connectivity index (χ1) is 9.60. The molecule has 108 valence electrons. The van der Waals surface area contributed by atoms with Gasteiger partial charge in [-0.2, -0.15) is 0 Å². The minimum absolute atomic E-state index is 0.423. The average molecular weight is 312 g/mol. The summed E-state index contributed by atoms with van der Waals surface area (Å²) in [6.07, 6.45) is 1.06. The Bertz CT molecular complexity index is 563. The van der Waals surface area contributed by atoms with Gasteiger partial charge in [-0.1, -0.05) is 29.9 Å². The van der Waals surface area contributed by atoms with E-state index < -0.39 is 0 Å². The monoisotopic (exact) mass is 311 g/mol. The SMILES string of the molecule is CCCNc1nnc(COc2cc(C)c(Cl)c(C)c2)s1. The van der Waals surface area contributed by atoms with Gasteiger partial charge < -0.3 is 10.1 Å². The molecule has 0 unspecified atom stereocenters. The van der Waals surface area contributed by atoms with Gasteiger partial charge in [-0.3, -0.25) is 0 Å². The van der Waals surface area contributed by atoms with Crippen molar-refractivity contribution in [3.05, 3.63) is 33.3 Å². The third-order valence-corrected chi connectivity index (χ3v) is 4.22. The quantitative estimate of drug-likeness (QED) is 0.868. The van der Waals surface area contributed by atoms with Gasteiger partial charge in [0.1, 0.15) is 12.4 Å². The van der Waals surface area contributed by atoms with E-state index in [1.54, 1.807) is 0 Å². The Hall–Kier alpha value is -1.33. The molecule has 0 aliphatic rings. The zero-order chi connectivity index (χ0) is 14.5. The van der Waals surface area contributed by atoms with E-state index in [0.29, 0.717) is 6.61 Å². The lowest BCUT2D eigenvalue weighted by atomic mass is 10.1. The van der Waals surface area contributed by atoms with E-state index in [0.717, 1.165) is 45.0 Å². The Morgan fingerprint density at radius 3 is 2.60 bits per heavy atom. The Morgan fingerprint density at radius 2 is 1.95 bits per heavy atom.